The Bertz CT molecular complexity index is 671. The predicted octanol–water partition coefficient (Wildman–Crippen LogP) is 2.16. The standard InChI is InChI=1S/C18H23F3N2O4/c1-26-14-4-3-13(9-15(14)27-2)10-16(24)23-7-5-12(6-8-23)11-22-17(25)18(19,20)21/h3-4,9,12H,5-8,10-11H2,1-2H3,(H,22,25). The Kier molecular flexibility index (Phi) is 6.92. The number of halogens is 3. The molecule has 0 unspecified atom stereocenters. The number of hydrogen-bond donors (Lipinski definition) is 1. The molecule has 0 spiro atoms. The second kappa shape index (κ2) is 8.96. The molecule has 150 valence electrons. The highest BCUT2D eigenvalue weighted by Gasteiger charge is 2.38. The Morgan fingerprint density at radius 2 is 1.78 bits per heavy atom. The van der Waals surface area contributed by atoms with Crippen molar-refractivity contribution in [2.75, 3.05) is 33.9 Å². The summed E-state index contributed by atoms with van der Waals surface area (Å²) in [5, 5.41) is 1.91. The molecule has 27 heavy (non-hydrogen) atoms. The highest BCUT2D eigenvalue weighted by Crippen LogP contribution is 2.28. The van der Waals surface area contributed by atoms with Crippen LogP contribution in [0.2, 0.25) is 0 Å². The lowest BCUT2D eigenvalue weighted by atomic mass is 9.96. The van der Waals surface area contributed by atoms with Crippen molar-refractivity contribution in [2.24, 2.45) is 5.92 Å². The van der Waals surface area contributed by atoms with Crippen molar-refractivity contribution in [3.63, 3.8) is 0 Å². The van der Waals surface area contributed by atoms with E-state index < -0.39 is 12.1 Å². The minimum absolute atomic E-state index is 0.0317. The van der Waals surface area contributed by atoms with Crippen molar-refractivity contribution in [2.45, 2.75) is 25.4 Å². The molecule has 9 heteroatoms. The number of nitrogens with zero attached hydrogens (tertiary/aromatic N) is 1. The smallest absolute Gasteiger partial charge is 0.471 e. The van der Waals surface area contributed by atoms with Crippen LogP contribution in [0.25, 0.3) is 0 Å². The maximum absolute atomic E-state index is 12.5. The van der Waals surface area contributed by atoms with E-state index in [9.17, 15) is 22.8 Å². The number of benzene rings is 1. The van der Waals surface area contributed by atoms with E-state index in [0.717, 1.165) is 5.56 Å². The van der Waals surface area contributed by atoms with Crippen molar-refractivity contribution in [3.05, 3.63) is 23.8 Å². The Hall–Kier alpha value is -2.45. The zero-order valence-electron chi connectivity index (χ0n) is 15.3. The van der Waals surface area contributed by atoms with Gasteiger partial charge in [-0.15, -0.1) is 0 Å². The third kappa shape index (κ3) is 5.77. The molecule has 0 radical (unpaired) electrons. The van der Waals surface area contributed by atoms with Crippen LogP contribution in [0.15, 0.2) is 18.2 Å². The molecule has 6 nitrogen and oxygen atoms in total. The monoisotopic (exact) mass is 388 g/mol. The predicted molar refractivity (Wildman–Crippen MR) is 91.6 cm³/mol. The Labute approximate surface area is 155 Å². The van der Waals surface area contributed by atoms with Gasteiger partial charge in [0.05, 0.1) is 20.6 Å². The van der Waals surface area contributed by atoms with Gasteiger partial charge in [0.15, 0.2) is 11.5 Å². The van der Waals surface area contributed by atoms with E-state index in [-0.39, 0.29) is 24.8 Å². The molecular formula is C18H23F3N2O4. The number of carbonyl (C=O) groups excluding carboxylic acids is 2. The van der Waals surface area contributed by atoms with E-state index in [1.807, 2.05) is 5.32 Å². The van der Waals surface area contributed by atoms with Crippen LogP contribution in [-0.4, -0.2) is 56.7 Å². The van der Waals surface area contributed by atoms with E-state index >= 15 is 0 Å². The van der Waals surface area contributed by atoms with Crippen LogP contribution in [0, 0.1) is 5.92 Å². The van der Waals surface area contributed by atoms with Crippen molar-refractivity contribution < 1.29 is 32.2 Å². The molecule has 2 rings (SSSR count). The molecule has 1 aliphatic rings. The van der Waals surface area contributed by atoms with Crippen molar-refractivity contribution in [3.8, 4) is 11.5 Å². The van der Waals surface area contributed by atoms with Gasteiger partial charge in [-0.1, -0.05) is 6.07 Å². The van der Waals surface area contributed by atoms with Crippen molar-refractivity contribution >= 4 is 11.8 Å². The lowest BCUT2D eigenvalue weighted by molar-refractivity contribution is -0.173. The molecule has 0 aromatic heterocycles. The van der Waals surface area contributed by atoms with Gasteiger partial charge in [-0.05, 0) is 36.5 Å². The average molecular weight is 388 g/mol. The molecule has 1 aromatic carbocycles. The van der Waals surface area contributed by atoms with Gasteiger partial charge in [0, 0.05) is 19.6 Å². The molecule has 2 amide bonds. The number of hydrogen-bond acceptors (Lipinski definition) is 4. The van der Waals surface area contributed by atoms with E-state index in [2.05, 4.69) is 0 Å². The largest absolute Gasteiger partial charge is 0.493 e. The molecule has 1 saturated heterocycles. The Morgan fingerprint density at radius 1 is 1.15 bits per heavy atom. The SMILES string of the molecule is COc1ccc(CC(=O)N2CCC(CNC(=O)C(F)(F)F)CC2)cc1OC. The van der Waals surface area contributed by atoms with E-state index in [4.69, 9.17) is 9.47 Å². The summed E-state index contributed by atoms with van der Waals surface area (Å²) < 4.78 is 47.0. The summed E-state index contributed by atoms with van der Waals surface area (Å²) in [6.07, 6.45) is -3.56. The topological polar surface area (TPSA) is 67.9 Å². The molecular weight excluding hydrogens is 365 g/mol. The fourth-order valence-corrected chi connectivity index (χ4v) is 3.00. The average Bonchev–Trinajstić information content (AvgIpc) is 2.65. The minimum Gasteiger partial charge on any atom is -0.493 e. The lowest BCUT2D eigenvalue weighted by Crippen LogP contribution is -2.44. The summed E-state index contributed by atoms with van der Waals surface area (Å²) in [6.45, 7) is 0.882. The number of piperidine rings is 1. The van der Waals surface area contributed by atoms with Crippen LogP contribution in [0.1, 0.15) is 18.4 Å². The number of alkyl halides is 3. The van der Waals surface area contributed by atoms with Crippen LogP contribution >= 0.6 is 0 Å². The third-order valence-corrected chi connectivity index (χ3v) is 4.58. The number of ether oxygens (including phenoxy) is 2. The van der Waals surface area contributed by atoms with Crippen LogP contribution in [0.3, 0.4) is 0 Å². The summed E-state index contributed by atoms with van der Waals surface area (Å²) >= 11 is 0. The van der Waals surface area contributed by atoms with Gasteiger partial charge >= 0.3 is 12.1 Å². The lowest BCUT2D eigenvalue weighted by Gasteiger charge is -2.32. The quantitative estimate of drug-likeness (QED) is 0.811. The summed E-state index contributed by atoms with van der Waals surface area (Å²) in [6, 6.07) is 5.27. The summed E-state index contributed by atoms with van der Waals surface area (Å²) in [5.74, 6) is -0.923. The second-order valence-electron chi connectivity index (χ2n) is 6.40. The van der Waals surface area contributed by atoms with Crippen LogP contribution < -0.4 is 14.8 Å². The molecule has 1 N–H and O–H groups in total. The number of carbonyl (C=O) groups is 2. The highest BCUT2D eigenvalue weighted by atomic mass is 19.4. The van der Waals surface area contributed by atoms with Crippen LogP contribution in [-0.2, 0) is 16.0 Å². The van der Waals surface area contributed by atoms with Gasteiger partial charge in [0.25, 0.3) is 0 Å². The second-order valence-corrected chi connectivity index (χ2v) is 6.40. The first-order chi connectivity index (χ1) is 12.7. The first kappa shape index (κ1) is 20.9. The fraction of sp³-hybridized carbons (Fsp3) is 0.556. The normalized spacial score (nSPS) is 15.4. The Morgan fingerprint density at radius 3 is 2.33 bits per heavy atom. The zero-order valence-corrected chi connectivity index (χ0v) is 15.3. The van der Waals surface area contributed by atoms with Gasteiger partial charge in [0.1, 0.15) is 0 Å². The van der Waals surface area contributed by atoms with Gasteiger partial charge < -0.3 is 19.7 Å². The molecule has 0 bridgehead atoms. The fourth-order valence-electron chi connectivity index (χ4n) is 3.00. The van der Waals surface area contributed by atoms with Crippen LogP contribution in [0.5, 0.6) is 11.5 Å². The van der Waals surface area contributed by atoms with Gasteiger partial charge in [-0.2, -0.15) is 13.2 Å². The van der Waals surface area contributed by atoms with E-state index in [1.54, 1.807) is 23.1 Å². The Balaban J connectivity index is 1.82. The van der Waals surface area contributed by atoms with Crippen molar-refractivity contribution in [1.29, 1.82) is 0 Å². The zero-order chi connectivity index (χ0) is 20.0. The molecule has 1 aromatic rings. The van der Waals surface area contributed by atoms with E-state index in [1.165, 1.54) is 14.2 Å². The number of methoxy groups -OCH3 is 2. The summed E-state index contributed by atoms with van der Waals surface area (Å²) in [7, 11) is 3.05. The third-order valence-electron chi connectivity index (χ3n) is 4.58. The van der Waals surface area contributed by atoms with Crippen molar-refractivity contribution in [1.82, 2.24) is 10.2 Å². The molecule has 1 aliphatic heterocycles. The number of likely N-dealkylation sites (tertiary alicyclic amines) is 1. The molecule has 1 heterocycles. The maximum atomic E-state index is 12.5. The number of nitrogens with one attached hydrogen (secondary N) is 1. The van der Waals surface area contributed by atoms with E-state index in [0.29, 0.717) is 37.4 Å². The molecule has 0 atom stereocenters. The summed E-state index contributed by atoms with van der Waals surface area (Å²) in [5.41, 5.74) is 0.789. The summed E-state index contributed by atoms with van der Waals surface area (Å²) in [4.78, 5) is 25.0. The minimum atomic E-state index is -4.86. The van der Waals surface area contributed by atoms with Gasteiger partial charge in [-0.3, -0.25) is 9.59 Å². The molecule has 0 saturated carbocycles. The van der Waals surface area contributed by atoms with Crippen LogP contribution in [0.4, 0.5) is 13.2 Å². The highest BCUT2D eigenvalue weighted by molar-refractivity contribution is 5.81. The maximum Gasteiger partial charge on any atom is 0.471 e. The molecule has 0 aliphatic carbocycles. The first-order valence-electron chi connectivity index (χ1n) is 8.58. The number of amides is 2. The molecule has 1 fully saturated rings. The number of rotatable bonds is 6. The first-order valence-corrected chi connectivity index (χ1v) is 8.58. The van der Waals surface area contributed by atoms with Gasteiger partial charge in [0.2, 0.25) is 5.91 Å². The van der Waals surface area contributed by atoms with Gasteiger partial charge in [-0.25, -0.2) is 0 Å².